The van der Waals surface area contributed by atoms with Crippen LogP contribution < -0.4 is 11.1 Å². The van der Waals surface area contributed by atoms with E-state index in [-0.39, 0.29) is 47.5 Å². The zero-order valence-corrected chi connectivity index (χ0v) is 22.5. The monoisotopic (exact) mass is 535 g/mol. The minimum absolute atomic E-state index is 0. The highest BCUT2D eigenvalue weighted by atomic mass is 35.5. The summed E-state index contributed by atoms with van der Waals surface area (Å²) < 4.78 is 41.5. The van der Waals surface area contributed by atoms with Crippen LogP contribution in [0.25, 0.3) is 0 Å². The molecular formula is C22H32Cl2FN5O3S. The summed E-state index contributed by atoms with van der Waals surface area (Å²) in [6, 6.07) is 4.62. The zero-order valence-electron chi connectivity index (χ0n) is 20.1. The maximum Gasteiger partial charge on any atom is 0.270 e. The molecule has 1 aromatic heterocycles. The van der Waals surface area contributed by atoms with Gasteiger partial charge in [0.15, 0.2) is 0 Å². The van der Waals surface area contributed by atoms with Crippen molar-refractivity contribution in [2.75, 3.05) is 20.6 Å². The lowest BCUT2D eigenvalue weighted by Gasteiger charge is -2.21. The number of allylic oxidation sites excluding steroid dienone is 1. The Hall–Kier alpha value is -1.98. The lowest BCUT2D eigenvalue weighted by Crippen LogP contribution is -2.42. The molecule has 0 fully saturated rings. The molecule has 1 amide bonds. The van der Waals surface area contributed by atoms with Crippen molar-refractivity contribution in [3.05, 3.63) is 57.6 Å². The molecule has 0 radical (unpaired) electrons. The van der Waals surface area contributed by atoms with Crippen LogP contribution in [0.4, 0.5) is 4.39 Å². The first kappa shape index (κ1) is 30.1. The molecule has 0 spiro atoms. The molecule has 0 saturated carbocycles. The highest BCUT2D eigenvalue weighted by molar-refractivity contribution is 7.89. The number of halogens is 3. The van der Waals surface area contributed by atoms with Crippen LogP contribution in [-0.2, 0) is 23.0 Å². The van der Waals surface area contributed by atoms with E-state index in [9.17, 15) is 17.6 Å². The third-order valence-corrected chi connectivity index (χ3v) is 7.03. The lowest BCUT2D eigenvalue weighted by atomic mass is 10.0. The van der Waals surface area contributed by atoms with E-state index in [0.29, 0.717) is 16.8 Å². The molecule has 8 nitrogen and oxygen atoms in total. The number of nitrogens with one attached hydrogen (secondary N) is 1. The first-order valence-electron chi connectivity index (χ1n) is 10.3. The van der Waals surface area contributed by atoms with Gasteiger partial charge < -0.3 is 11.1 Å². The van der Waals surface area contributed by atoms with Crippen molar-refractivity contribution in [1.29, 1.82) is 0 Å². The summed E-state index contributed by atoms with van der Waals surface area (Å²) in [4.78, 5) is 13.1. The van der Waals surface area contributed by atoms with E-state index in [2.05, 4.69) is 10.4 Å². The van der Waals surface area contributed by atoms with Crippen LogP contribution in [0.3, 0.4) is 0 Å². The molecule has 0 unspecified atom stereocenters. The maximum absolute atomic E-state index is 14.2. The van der Waals surface area contributed by atoms with Gasteiger partial charge in [-0.1, -0.05) is 17.7 Å². The van der Waals surface area contributed by atoms with E-state index in [1.54, 1.807) is 19.1 Å². The molecule has 0 aliphatic rings. The Morgan fingerprint density at radius 1 is 1.32 bits per heavy atom. The largest absolute Gasteiger partial charge is 0.346 e. The molecule has 190 valence electrons. The molecule has 0 aliphatic heterocycles. The van der Waals surface area contributed by atoms with Crippen molar-refractivity contribution in [1.82, 2.24) is 19.4 Å². The summed E-state index contributed by atoms with van der Waals surface area (Å²) in [7, 11) is -0.847. The van der Waals surface area contributed by atoms with Crippen molar-refractivity contribution in [2.24, 2.45) is 5.73 Å². The predicted molar refractivity (Wildman–Crippen MR) is 135 cm³/mol. The normalized spacial score (nSPS) is 12.6. The van der Waals surface area contributed by atoms with Gasteiger partial charge in [-0.2, -0.15) is 5.10 Å². The summed E-state index contributed by atoms with van der Waals surface area (Å²) in [6.45, 7) is 7.07. The average Bonchev–Trinajstić information content (AvgIpc) is 2.95. The number of nitrogens with two attached hydrogens (primary N) is 1. The van der Waals surface area contributed by atoms with Crippen molar-refractivity contribution in [2.45, 2.75) is 51.1 Å². The Balaban J connectivity index is 0.00000578. The Kier molecular flexibility index (Phi) is 10.3. The average molecular weight is 537 g/mol. The van der Waals surface area contributed by atoms with Crippen LogP contribution in [0.15, 0.2) is 35.0 Å². The number of benzene rings is 1. The van der Waals surface area contributed by atoms with Gasteiger partial charge in [0.2, 0.25) is 10.0 Å². The smallest absolute Gasteiger partial charge is 0.270 e. The van der Waals surface area contributed by atoms with E-state index in [1.165, 1.54) is 30.9 Å². The van der Waals surface area contributed by atoms with E-state index < -0.39 is 27.3 Å². The number of nitrogens with zero attached hydrogens (tertiary/aromatic N) is 3. The Bertz CT molecular complexity index is 1170. The van der Waals surface area contributed by atoms with Gasteiger partial charge in [-0.15, -0.1) is 12.4 Å². The number of hydrogen-bond acceptors (Lipinski definition) is 5. The number of carbonyl (C=O) groups is 1. The number of aromatic nitrogens is 2. The van der Waals surface area contributed by atoms with Crippen molar-refractivity contribution >= 4 is 39.9 Å². The third kappa shape index (κ3) is 7.26. The Morgan fingerprint density at radius 3 is 2.44 bits per heavy atom. The van der Waals surface area contributed by atoms with E-state index in [4.69, 9.17) is 17.3 Å². The Morgan fingerprint density at radius 2 is 1.94 bits per heavy atom. The van der Waals surface area contributed by atoms with E-state index in [1.807, 2.05) is 20.8 Å². The molecule has 2 aromatic rings. The fraction of sp³-hybridized carbons (Fsp3) is 0.455. The van der Waals surface area contributed by atoms with E-state index in [0.717, 1.165) is 4.31 Å². The van der Waals surface area contributed by atoms with Gasteiger partial charge in [-0.25, -0.2) is 17.1 Å². The molecule has 1 aromatic carbocycles. The summed E-state index contributed by atoms with van der Waals surface area (Å²) >= 11 is 6.29. The minimum Gasteiger partial charge on any atom is -0.346 e. The van der Waals surface area contributed by atoms with Crippen LogP contribution in [0.1, 0.15) is 48.1 Å². The second kappa shape index (κ2) is 11.6. The topological polar surface area (TPSA) is 110 Å². The van der Waals surface area contributed by atoms with Gasteiger partial charge >= 0.3 is 0 Å². The molecule has 3 N–H and O–H groups in total. The predicted octanol–water partition coefficient (Wildman–Crippen LogP) is 3.45. The van der Waals surface area contributed by atoms with Crippen LogP contribution in [0, 0.1) is 6.92 Å². The molecule has 1 heterocycles. The fourth-order valence-corrected chi connectivity index (χ4v) is 4.63. The zero-order chi connectivity index (χ0) is 25.1. The third-order valence-electron chi connectivity index (χ3n) is 4.73. The fourth-order valence-electron chi connectivity index (χ4n) is 3.20. The van der Waals surface area contributed by atoms with Gasteiger partial charge in [0.25, 0.3) is 5.91 Å². The number of amides is 1. The molecule has 2 rings (SSSR count). The second-order valence-electron chi connectivity index (χ2n) is 8.89. The van der Waals surface area contributed by atoms with Crippen LogP contribution in [0.5, 0.6) is 0 Å². The first-order chi connectivity index (χ1) is 15.2. The molecule has 34 heavy (non-hydrogen) atoms. The summed E-state index contributed by atoms with van der Waals surface area (Å²) in [5.74, 6) is -0.894. The van der Waals surface area contributed by atoms with Crippen LogP contribution >= 0.6 is 24.0 Å². The quantitative estimate of drug-likeness (QED) is 0.537. The standard InChI is InChI=1S/C22H31ClFN5O3S.ClH/c1-14-17(11-15-7-8-19(18(23)12-15)33(31,32)28(5)6)20(21(30)26-22(2,3)4)29(27-14)13-16(24)9-10-25;/h7-9,12H,10-11,13,25H2,1-6H3,(H,26,30);1H/b16-9-;. The summed E-state index contributed by atoms with van der Waals surface area (Å²) in [6.07, 6.45) is 1.48. The molecule has 0 aliphatic carbocycles. The minimum atomic E-state index is -3.70. The first-order valence-corrected chi connectivity index (χ1v) is 12.1. The van der Waals surface area contributed by atoms with Crippen molar-refractivity contribution < 1.29 is 17.6 Å². The number of hydrogen-bond donors (Lipinski definition) is 2. The molecule has 12 heteroatoms. The van der Waals surface area contributed by atoms with Crippen molar-refractivity contribution in [3.63, 3.8) is 0 Å². The number of carbonyl (C=O) groups excluding carboxylic acids is 1. The lowest BCUT2D eigenvalue weighted by molar-refractivity contribution is 0.0907. The van der Waals surface area contributed by atoms with Gasteiger partial charge in [-0.05, 0) is 51.5 Å². The summed E-state index contributed by atoms with van der Waals surface area (Å²) in [5, 5.41) is 7.35. The maximum atomic E-state index is 14.2. The molecular weight excluding hydrogens is 504 g/mol. The summed E-state index contributed by atoms with van der Waals surface area (Å²) in [5.41, 5.74) is 6.93. The van der Waals surface area contributed by atoms with Gasteiger partial charge in [-0.3, -0.25) is 9.48 Å². The van der Waals surface area contributed by atoms with Crippen LogP contribution in [-0.4, -0.2) is 54.6 Å². The van der Waals surface area contributed by atoms with Gasteiger partial charge in [0.1, 0.15) is 16.4 Å². The van der Waals surface area contributed by atoms with Gasteiger partial charge in [0.05, 0.1) is 17.3 Å². The molecule has 0 saturated heterocycles. The van der Waals surface area contributed by atoms with Crippen molar-refractivity contribution in [3.8, 4) is 0 Å². The van der Waals surface area contributed by atoms with E-state index >= 15 is 0 Å². The van der Waals surface area contributed by atoms with Crippen LogP contribution in [0.2, 0.25) is 5.02 Å². The second-order valence-corrected chi connectivity index (χ2v) is 11.4. The highest BCUT2D eigenvalue weighted by Crippen LogP contribution is 2.27. The highest BCUT2D eigenvalue weighted by Gasteiger charge is 2.26. The number of aryl methyl sites for hydroxylation is 1. The number of rotatable bonds is 8. The molecule has 0 atom stereocenters. The Labute approximate surface area is 211 Å². The SMILES string of the molecule is Cc1nn(C/C(F)=C/CN)c(C(=O)NC(C)(C)C)c1Cc1ccc(S(=O)(=O)N(C)C)c(Cl)c1.Cl. The van der Waals surface area contributed by atoms with Gasteiger partial charge in [0, 0.05) is 38.2 Å². The molecule has 0 bridgehead atoms. The number of sulfonamides is 1.